The lowest BCUT2D eigenvalue weighted by molar-refractivity contribution is 0.0832. The number of nitrogens with zero attached hydrogens (tertiary/aromatic N) is 1. The zero-order chi connectivity index (χ0) is 23.4. The molecule has 33 heavy (non-hydrogen) atoms. The van der Waals surface area contributed by atoms with E-state index >= 15 is 0 Å². The van der Waals surface area contributed by atoms with Crippen LogP contribution in [0.5, 0.6) is 0 Å². The molecule has 2 aromatic rings. The Balaban J connectivity index is 1.40. The van der Waals surface area contributed by atoms with Crippen molar-refractivity contribution in [3.05, 3.63) is 76.4 Å². The van der Waals surface area contributed by atoms with E-state index in [1.807, 2.05) is 35.2 Å². The van der Waals surface area contributed by atoms with E-state index < -0.39 is 0 Å². The first-order valence-corrected chi connectivity index (χ1v) is 12.5. The first kappa shape index (κ1) is 22.3. The van der Waals surface area contributed by atoms with Gasteiger partial charge in [-0.2, -0.15) is 0 Å². The van der Waals surface area contributed by atoms with Crippen molar-refractivity contribution in [2.45, 2.75) is 96.2 Å². The third kappa shape index (κ3) is 4.00. The van der Waals surface area contributed by atoms with E-state index in [1.54, 1.807) is 0 Å². The predicted octanol–water partition coefficient (Wildman–Crippen LogP) is 7.30. The summed E-state index contributed by atoms with van der Waals surface area (Å²) in [7, 11) is 0. The molecule has 2 bridgehead atoms. The van der Waals surface area contributed by atoms with Crippen LogP contribution in [0.25, 0.3) is 5.57 Å². The summed E-state index contributed by atoms with van der Waals surface area (Å²) in [6, 6.07) is 15.2. The molecule has 0 N–H and O–H groups in total. The summed E-state index contributed by atoms with van der Waals surface area (Å²) in [4.78, 5) is 15.0. The number of benzene rings is 2. The molecule has 2 unspecified atom stereocenters. The van der Waals surface area contributed by atoms with Gasteiger partial charge in [0.1, 0.15) is 6.61 Å². The molecule has 1 amide bonds. The summed E-state index contributed by atoms with van der Waals surface area (Å²) in [6.45, 7) is 12.2. The van der Waals surface area contributed by atoms with Crippen LogP contribution in [0.15, 0.2) is 48.5 Å². The zero-order valence-corrected chi connectivity index (χ0v) is 20.8. The van der Waals surface area contributed by atoms with Gasteiger partial charge in [-0.05, 0) is 83.2 Å². The van der Waals surface area contributed by atoms with Crippen molar-refractivity contribution in [2.24, 2.45) is 0 Å². The number of rotatable bonds is 3. The standard InChI is InChI=1S/C30H37NO2/c1-20-15-26-27(30(4,5)14-13-29(26,2)3)18-25(20)22-16-23-11-12-24(17-22)31(23)28(32)33-19-21-9-7-6-8-10-21/h6-10,15-16,18,23-24H,11-14,17,19H2,1-5H3. The van der Waals surface area contributed by atoms with E-state index in [0.717, 1.165) is 24.8 Å². The molecule has 1 fully saturated rings. The topological polar surface area (TPSA) is 29.5 Å². The fraction of sp³-hybridized carbons (Fsp3) is 0.500. The van der Waals surface area contributed by atoms with E-state index in [0.29, 0.717) is 6.61 Å². The first-order chi connectivity index (χ1) is 15.7. The quantitative estimate of drug-likeness (QED) is 0.498. The van der Waals surface area contributed by atoms with Crippen molar-refractivity contribution < 1.29 is 9.53 Å². The second kappa shape index (κ2) is 8.04. The van der Waals surface area contributed by atoms with Crippen LogP contribution in [0.1, 0.15) is 87.6 Å². The van der Waals surface area contributed by atoms with E-state index in [4.69, 9.17) is 4.74 Å². The van der Waals surface area contributed by atoms with Crippen LogP contribution in [0, 0.1) is 6.92 Å². The maximum absolute atomic E-state index is 13.0. The lowest BCUT2D eigenvalue weighted by atomic mass is 9.62. The van der Waals surface area contributed by atoms with Gasteiger partial charge < -0.3 is 4.74 Å². The van der Waals surface area contributed by atoms with Crippen molar-refractivity contribution >= 4 is 11.7 Å². The largest absolute Gasteiger partial charge is 0.445 e. The van der Waals surface area contributed by atoms with E-state index in [-0.39, 0.29) is 29.0 Å². The summed E-state index contributed by atoms with van der Waals surface area (Å²) in [5.74, 6) is 0. The maximum Gasteiger partial charge on any atom is 0.410 e. The molecule has 174 valence electrons. The Labute approximate surface area is 198 Å². The number of carbonyl (C=O) groups excluding carboxylic acids is 1. The lowest BCUT2D eigenvalue weighted by Gasteiger charge is -2.43. The van der Waals surface area contributed by atoms with Crippen molar-refractivity contribution in [1.29, 1.82) is 0 Å². The number of carbonyl (C=O) groups is 1. The van der Waals surface area contributed by atoms with Crippen molar-refractivity contribution in [3.8, 4) is 0 Å². The highest BCUT2D eigenvalue weighted by Crippen LogP contribution is 2.48. The maximum atomic E-state index is 13.0. The van der Waals surface area contributed by atoms with Gasteiger partial charge in [-0.3, -0.25) is 4.90 Å². The number of ether oxygens (including phenoxy) is 1. The van der Waals surface area contributed by atoms with Crippen LogP contribution >= 0.6 is 0 Å². The average Bonchev–Trinajstić information content (AvgIpc) is 3.05. The highest BCUT2D eigenvalue weighted by Gasteiger charge is 2.42. The summed E-state index contributed by atoms with van der Waals surface area (Å²) < 4.78 is 5.70. The summed E-state index contributed by atoms with van der Waals surface area (Å²) in [5, 5.41) is 0. The smallest absolute Gasteiger partial charge is 0.410 e. The van der Waals surface area contributed by atoms with Gasteiger partial charge in [0, 0.05) is 6.04 Å². The van der Waals surface area contributed by atoms with Gasteiger partial charge in [0.2, 0.25) is 0 Å². The zero-order valence-electron chi connectivity index (χ0n) is 20.8. The van der Waals surface area contributed by atoms with Gasteiger partial charge in [-0.25, -0.2) is 4.79 Å². The molecule has 0 radical (unpaired) electrons. The van der Waals surface area contributed by atoms with Crippen LogP contribution in [0.4, 0.5) is 4.79 Å². The van der Waals surface area contributed by atoms with E-state index in [9.17, 15) is 4.79 Å². The third-order valence-electron chi connectivity index (χ3n) is 8.36. The number of amides is 1. The lowest BCUT2D eigenvalue weighted by Crippen LogP contribution is -2.43. The molecule has 2 heterocycles. The minimum absolute atomic E-state index is 0.141. The second-order valence-electron chi connectivity index (χ2n) is 11.6. The molecule has 0 saturated carbocycles. The van der Waals surface area contributed by atoms with Crippen LogP contribution < -0.4 is 0 Å². The minimum Gasteiger partial charge on any atom is -0.445 e. The van der Waals surface area contributed by atoms with Crippen LogP contribution in [0.3, 0.4) is 0 Å². The minimum atomic E-state index is -0.174. The molecule has 1 aliphatic carbocycles. The Morgan fingerprint density at radius 3 is 2.33 bits per heavy atom. The van der Waals surface area contributed by atoms with E-state index in [1.165, 1.54) is 40.7 Å². The molecule has 2 aliphatic heterocycles. The van der Waals surface area contributed by atoms with E-state index in [2.05, 4.69) is 52.8 Å². The fourth-order valence-corrected chi connectivity index (χ4v) is 6.18. The SMILES string of the molecule is Cc1cc2c(cc1C1=CC3CCC(C1)N3C(=O)OCc1ccccc1)C(C)(C)CCC2(C)C. The average molecular weight is 444 g/mol. The van der Waals surface area contributed by atoms with Crippen LogP contribution in [0.2, 0.25) is 0 Å². The third-order valence-corrected chi connectivity index (χ3v) is 8.36. The Bertz CT molecular complexity index is 1100. The fourth-order valence-electron chi connectivity index (χ4n) is 6.18. The number of fused-ring (bicyclic) bond motifs is 3. The van der Waals surface area contributed by atoms with Crippen molar-refractivity contribution in [3.63, 3.8) is 0 Å². The van der Waals surface area contributed by atoms with Gasteiger partial charge in [-0.1, -0.05) is 76.2 Å². The van der Waals surface area contributed by atoms with Crippen LogP contribution in [-0.4, -0.2) is 23.1 Å². The second-order valence-corrected chi connectivity index (χ2v) is 11.6. The van der Waals surface area contributed by atoms with Gasteiger partial charge in [0.15, 0.2) is 0 Å². The Kier molecular flexibility index (Phi) is 5.42. The molecule has 2 aromatic carbocycles. The molecular weight excluding hydrogens is 406 g/mol. The highest BCUT2D eigenvalue weighted by molar-refractivity contribution is 5.76. The molecule has 3 aliphatic rings. The number of hydrogen-bond donors (Lipinski definition) is 0. The molecule has 1 saturated heterocycles. The molecule has 2 atom stereocenters. The summed E-state index contributed by atoms with van der Waals surface area (Å²) >= 11 is 0. The molecule has 5 rings (SSSR count). The van der Waals surface area contributed by atoms with Crippen molar-refractivity contribution in [2.75, 3.05) is 0 Å². The molecular formula is C30H37NO2. The molecule has 0 spiro atoms. The number of hydrogen-bond acceptors (Lipinski definition) is 2. The summed E-state index contributed by atoms with van der Waals surface area (Å²) in [5.41, 5.74) is 8.65. The number of aryl methyl sites for hydroxylation is 1. The molecule has 3 nitrogen and oxygen atoms in total. The Morgan fingerprint density at radius 1 is 1.00 bits per heavy atom. The summed E-state index contributed by atoms with van der Waals surface area (Å²) in [6.07, 6.45) is 7.62. The van der Waals surface area contributed by atoms with Gasteiger partial charge in [-0.15, -0.1) is 0 Å². The predicted molar refractivity (Wildman–Crippen MR) is 134 cm³/mol. The van der Waals surface area contributed by atoms with Crippen LogP contribution in [-0.2, 0) is 22.2 Å². The van der Waals surface area contributed by atoms with Crippen molar-refractivity contribution in [1.82, 2.24) is 4.90 Å². The van der Waals surface area contributed by atoms with Gasteiger partial charge >= 0.3 is 6.09 Å². The normalized spacial score (nSPS) is 24.8. The first-order valence-electron chi connectivity index (χ1n) is 12.5. The monoisotopic (exact) mass is 443 g/mol. The highest BCUT2D eigenvalue weighted by atomic mass is 16.6. The Morgan fingerprint density at radius 2 is 1.67 bits per heavy atom. The Hall–Kier alpha value is -2.55. The van der Waals surface area contributed by atoms with Gasteiger partial charge in [0.25, 0.3) is 0 Å². The van der Waals surface area contributed by atoms with Gasteiger partial charge in [0.05, 0.1) is 6.04 Å². The molecule has 0 aromatic heterocycles. The molecule has 3 heteroatoms.